The molecule has 90 valence electrons. The first kappa shape index (κ1) is 11.6. The predicted octanol–water partition coefficient (Wildman–Crippen LogP) is -0.160. The maximum absolute atomic E-state index is 5.67. The molecule has 0 amide bonds. The van der Waals surface area contributed by atoms with Crippen molar-refractivity contribution < 1.29 is 4.74 Å². The molecule has 1 aliphatic heterocycles. The van der Waals surface area contributed by atoms with E-state index in [9.17, 15) is 0 Å². The molecule has 2 heterocycles. The van der Waals surface area contributed by atoms with E-state index in [2.05, 4.69) is 22.4 Å². The van der Waals surface area contributed by atoms with Crippen LogP contribution in [0.4, 0.5) is 0 Å². The third-order valence-corrected chi connectivity index (χ3v) is 2.94. The summed E-state index contributed by atoms with van der Waals surface area (Å²) in [5, 5.41) is 7.54. The lowest BCUT2D eigenvalue weighted by molar-refractivity contribution is -0.0182. The lowest BCUT2D eigenvalue weighted by atomic mass is 10.3. The molecule has 1 N–H and O–H groups in total. The van der Waals surface area contributed by atoms with E-state index in [0.29, 0.717) is 6.10 Å². The third kappa shape index (κ3) is 3.04. The number of rotatable bonds is 4. The van der Waals surface area contributed by atoms with E-state index in [1.54, 1.807) is 0 Å². The maximum atomic E-state index is 5.67. The van der Waals surface area contributed by atoms with Crippen molar-refractivity contribution in [1.82, 2.24) is 20.0 Å². The van der Waals surface area contributed by atoms with Gasteiger partial charge in [0.25, 0.3) is 0 Å². The predicted molar refractivity (Wildman–Crippen MR) is 62.2 cm³/mol. The number of nitrogens with one attached hydrogen (secondary N) is 1. The monoisotopic (exact) mass is 224 g/mol. The van der Waals surface area contributed by atoms with Crippen LogP contribution in [0.5, 0.6) is 0 Å². The van der Waals surface area contributed by atoms with Gasteiger partial charge in [-0.2, -0.15) is 5.10 Å². The van der Waals surface area contributed by atoms with Crippen LogP contribution in [-0.4, -0.2) is 54.1 Å². The SMILES string of the molecule is CN1CCOC(CNCc2ccnn2C)C1. The Balaban J connectivity index is 1.70. The molecular weight excluding hydrogens is 204 g/mol. The minimum atomic E-state index is 0.312. The topological polar surface area (TPSA) is 42.3 Å². The van der Waals surface area contributed by atoms with Crippen molar-refractivity contribution in [3.05, 3.63) is 18.0 Å². The molecule has 1 fully saturated rings. The number of hydrogen-bond donors (Lipinski definition) is 1. The summed E-state index contributed by atoms with van der Waals surface area (Å²) in [7, 11) is 4.10. The lowest BCUT2D eigenvalue weighted by Crippen LogP contribution is -2.44. The summed E-state index contributed by atoms with van der Waals surface area (Å²) in [6.07, 6.45) is 2.13. The Hall–Kier alpha value is -0.910. The average molecular weight is 224 g/mol. The molecule has 5 heteroatoms. The molecule has 0 saturated carbocycles. The summed E-state index contributed by atoms with van der Waals surface area (Å²) >= 11 is 0. The molecule has 0 radical (unpaired) electrons. The van der Waals surface area contributed by atoms with Gasteiger partial charge in [0.05, 0.1) is 18.4 Å². The molecule has 1 aromatic rings. The molecular formula is C11H20N4O. The van der Waals surface area contributed by atoms with Crippen LogP contribution < -0.4 is 5.32 Å². The number of aryl methyl sites for hydroxylation is 1. The summed E-state index contributed by atoms with van der Waals surface area (Å²) in [4.78, 5) is 2.31. The van der Waals surface area contributed by atoms with Crippen LogP contribution in [0.1, 0.15) is 5.69 Å². The van der Waals surface area contributed by atoms with E-state index in [0.717, 1.165) is 32.8 Å². The summed E-state index contributed by atoms with van der Waals surface area (Å²) in [6.45, 7) is 4.64. The van der Waals surface area contributed by atoms with Crippen molar-refractivity contribution >= 4 is 0 Å². The largest absolute Gasteiger partial charge is 0.374 e. The van der Waals surface area contributed by atoms with Gasteiger partial charge >= 0.3 is 0 Å². The number of ether oxygens (including phenoxy) is 1. The van der Waals surface area contributed by atoms with Gasteiger partial charge in [0.2, 0.25) is 0 Å². The number of hydrogen-bond acceptors (Lipinski definition) is 4. The van der Waals surface area contributed by atoms with Gasteiger partial charge in [-0.15, -0.1) is 0 Å². The van der Waals surface area contributed by atoms with Crippen LogP contribution in [0.3, 0.4) is 0 Å². The van der Waals surface area contributed by atoms with Crippen molar-refractivity contribution in [3.8, 4) is 0 Å². The molecule has 1 saturated heterocycles. The fourth-order valence-corrected chi connectivity index (χ4v) is 1.93. The summed E-state index contributed by atoms with van der Waals surface area (Å²) in [5.74, 6) is 0. The number of morpholine rings is 1. The highest BCUT2D eigenvalue weighted by molar-refractivity contribution is 4.99. The quantitative estimate of drug-likeness (QED) is 0.772. The average Bonchev–Trinajstić information content (AvgIpc) is 2.65. The second-order valence-corrected chi connectivity index (χ2v) is 4.33. The van der Waals surface area contributed by atoms with Gasteiger partial charge < -0.3 is 15.0 Å². The Kier molecular flexibility index (Phi) is 3.93. The smallest absolute Gasteiger partial charge is 0.0826 e. The normalized spacial score (nSPS) is 22.5. The minimum Gasteiger partial charge on any atom is -0.374 e. The van der Waals surface area contributed by atoms with Crippen LogP contribution in [0, 0.1) is 0 Å². The number of nitrogens with zero attached hydrogens (tertiary/aromatic N) is 3. The van der Waals surface area contributed by atoms with Gasteiger partial charge in [-0.05, 0) is 13.1 Å². The Morgan fingerprint density at radius 1 is 1.56 bits per heavy atom. The van der Waals surface area contributed by atoms with E-state index in [1.165, 1.54) is 5.69 Å². The summed E-state index contributed by atoms with van der Waals surface area (Å²) in [5.41, 5.74) is 1.20. The van der Waals surface area contributed by atoms with E-state index in [4.69, 9.17) is 4.74 Å². The van der Waals surface area contributed by atoms with Gasteiger partial charge in [-0.3, -0.25) is 4.68 Å². The highest BCUT2D eigenvalue weighted by Crippen LogP contribution is 2.02. The molecule has 1 atom stereocenters. The van der Waals surface area contributed by atoms with E-state index in [-0.39, 0.29) is 0 Å². The number of likely N-dealkylation sites (N-methyl/N-ethyl adjacent to an activating group) is 1. The van der Waals surface area contributed by atoms with Crippen molar-refractivity contribution in [2.75, 3.05) is 33.3 Å². The zero-order valence-electron chi connectivity index (χ0n) is 10.0. The van der Waals surface area contributed by atoms with Crippen LogP contribution in [0.15, 0.2) is 12.3 Å². The van der Waals surface area contributed by atoms with Crippen molar-refractivity contribution in [1.29, 1.82) is 0 Å². The Morgan fingerprint density at radius 2 is 2.44 bits per heavy atom. The molecule has 16 heavy (non-hydrogen) atoms. The fourth-order valence-electron chi connectivity index (χ4n) is 1.93. The molecule has 5 nitrogen and oxygen atoms in total. The standard InChI is InChI=1S/C11H20N4O/c1-14-5-6-16-11(9-14)8-12-7-10-3-4-13-15(10)2/h3-4,11-12H,5-9H2,1-2H3. The van der Waals surface area contributed by atoms with Crippen molar-refractivity contribution in [2.45, 2.75) is 12.6 Å². The lowest BCUT2D eigenvalue weighted by Gasteiger charge is -2.30. The van der Waals surface area contributed by atoms with Gasteiger partial charge in [0, 0.05) is 39.4 Å². The Bertz CT molecular complexity index is 326. The van der Waals surface area contributed by atoms with Gasteiger partial charge in [-0.1, -0.05) is 0 Å². The first-order valence-electron chi connectivity index (χ1n) is 5.73. The highest BCUT2D eigenvalue weighted by atomic mass is 16.5. The molecule has 1 aromatic heterocycles. The van der Waals surface area contributed by atoms with Crippen molar-refractivity contribution in [3.63, 3.8) is 0 Å². The zero-order valence-corrected chi connectivity index (χ0v) is 10.0. The molecule has 1 unspecified atom stereocenters. The molecule has 0 bridgehead atoms. The third-order valence-electron chi connectivity index (χ3n) is 2.94. The Labute approximate surface area is 96.4 Å². The highest BCUT2D eigenvalue weighted by Gasteiger charge is 2.16. The molecule has 0 spiro atoms. The van der Waals surface area contributed by atoms with Gasteiger partial charge in [0.1, 0.15) is 0 Å². The van der Waals surface area contributed by atoms with Crippen LogP contribution in [0.25, 0.3) is 0 Å². The molecule has 0 aromatic carbocycles. The molecule has 1 aliphatic rings. The first-order chi connectivity index (χ1) is 7.75. The maximum Gasteiger partial charge on any atom is 0.0826 e. The minimum absolute atomic E-state index is 0.312. The second kappa shape index (κ2) is 5.43. The van der Waals surface area contributed by atoms with E-state index < -0.39 is 0 Å². The van der Waals surface area contributed by atoms with Crippen LogP contribution in [-0.2, 0) is 18.3 Å². The first-order valence-corrected chi connectivity index (χ1v) is 5.73. The van der Waals surface area contributed by atoms with Crippen molar-refractivity contribution in [2.24, 2.45) is 7.05 Å². The number of aromatic nitrogens is 2. The molecule has 0 aliphatic carbocycles. The summed E-state index contributed by atoms with van der Waals surface area (Å²) < 4.78 is 7.56. The van der Waals surface area contributed by atoms with Gasteiger partial charge in [-0.25, -0.2) is 0 Å². The van der Waals surface area contributed by atoms with Gasteiger partial charge in [0.15, 0.2) is 0 Å². The van der Waals surface area contributed by atoms with Crippen LogP contribution >= 0.6 is 0 Å². The fraction of sp³-hybridized carbons (Fsp3) is 0.727. The zero-order chi connectivity index (χ0) is 11.4. The van der Waals surface area contributed by atoms with E-state index >= 15 is 0 Å². The molecule has 2 rings (SSSR count). The summed E-state index contributed by atoms with van der Waals surface area (Å²) in [6, 6.07) is 2.03. The van der Waals surface area contributed by atoms with E-state index in [1.807, 2.05) is 24.0 Å². The van der Waals surface area contributed by atoms with Crippen LogP contribution in [0.2, 0.25) is 0 Å². The Morgan fingerprint density at radius 3 is 3.12 bits per heavy atom. The second-order valence-electron chi connectivity index (χ2n) is 4.33.